The molecule has 0 bridgehead atoms. The van der Waals surface area contributed by atoms with E-state index in [2.05, 4.69) is 10.6 Å². The van der Waals surface area contributed by atoms with Crippen LogP contribution in [0, 0.1) is 0 Å². The lowest BCUT2D eigenvalue weighted by molar-refractivity contribution is -0.137. The first-order valence-corrected chi connectivity index (χ1v) is 5.49. The van der Waals surface area contributed by atoms with Crippen molar-refractivity contribution in [2.45, 2.75) is 25.9 Å². The number of carbonyl (C=O) groups is 1. The molecule has 1 aliphatic rings. The molecule has 0 aromatic heterocycles. The largest absolute Gasteiger partial charge is 0.355 e. The predicted molar refractivity (Wildman–Crippen MR) is 56.5 cm³/mol. The van der Waals surface area contributed by atoms with Crippen LogP contribution < -0.4 is 10.6 Å². The molecule has 0 spiro atoms. The minimum Gasteiger partial charge on any atom is -0.355 e. The smallest absolute Gasteiger partial charge is 0.233 e. The van der Waals surface area contributed by atoms with Gasteiger partial charge >= 0.3 is 0 Å². The Hall–Kier alpha value is -0.650. The fourth-order valence-corrected chi connectivity index (χ4v) is 1.34. The molecule has 1 fully saturated rings. The Bertz CT molecular complexity index is 182. The van der Waals surface area contributed by atoms with Crippen LogP contribution in [0.4, 0.5) is 0 Å². The fourth-order valence-electron chi connectivity index (χ4n) is 1.34. The minimum atomic E-state index is 0.0453. The topological polar surface area (TPSA) is 59.6 Å². The standard InChI is InChI=1S/C10H20N2O3/c1-2-4-12-10(13)7-11-6-9-3-5-14-8-15-9/h9,11H,2-8H2,1H3,(H,12,13). The highest BCUT2D eigenvalue weighted by Gasteiger charge is 2.13. The molecule has 0 saturated carbocycles. The van der Waals surface area contributed by atoms with E-state index in [0.717, 1.165) is 26.0 Å². The number of hydrogen-bond donors (Lipinski definition) is 2. The summed E-state index contributed by atoms with van der Waals surface area (Å²) in [7, 11) is 0. The second kappa shape index (κ2) is 7.62. The Kier molecular flexibility index (Phi) is 6.31. The van der Waals surface area contributed by atoms with Gasteiger partial charge in [0.2, 0.25) is 5.91 Å². The number of hydrogen-bond acceptors (Lipinski definition) is 4. The average Bonchev–Trinajstić information content (AvgIpc) is 2.28. The van der Waals surface area contributed by atoms with Gasteiger partial charge in [-0.2, -0.15) is 0 Å². The summed E-state index contributed by atoms with van der Waals surface area (Å²) >= 11 is 0. The molecule has 2 N–H and O–H groups in total. The second-order valence-corrected chi connectivity index (χ2v) is 3.58. The lowest BCUT2D eigenvalue weighted by Crippen LogP contribution is -2.39. The van der Waals surface area contributed by atoms with Gasteiger partial charge in [-0.25, -0.2) is 0 Å². The number of nitrogens with one attached hydrogen (secondary N) is 2. The van der Waals surface area contributed by atoms with Crippen LogP contribution in [0.25, 0.3) is 0 Å². The fraction of sp³-hybridized carbons (Fsp3) is 0.900. The van der Waals surface area contributed by atoms with Crippen molar-refractivity contribution >= 4 is 5.91 Å². The zero-order valence-corrected chi connectivity index (χ0v) is 9.25. The third kappa shape index (κ3) is 5.71. The normalized spacial score (nSPS) is 21.3. The van der Waals surface area contributed by atoms with E-state index in [9.17, 15) is 4.79 Å². The Morgan fingerprint density at radius 2 is 2.40 bits per heavy atom. The first-order valence-electron chi connectivity index (χ1n) is 5.49. The van der Waals surface area contributed by atoms with Crippen molar-refractivity contribution in [3.05, 3.63) is 0 Å². The van der Waals surface area contributed by atoms with Gasteiger partial charge in [0.15, 0.2) is 0 Å². The molecule has 1 amide bonds. The van der Waals surface area contributed by atoms with Crippen molar-refractivity contribution in [1.29, 1.82) is 0 Å². The van der Waals surface area contributed by atoms with Crippen LogP contribution in [0.3, 0.4) is 0 Å². The molecule has 88 valence electrons. The van der Waals surface area contributed by atoms with E-state index < -0.39 is 0 Å². The van der Waals surface area contributed by atoms with Gasteiger partial charge in [-0.05, 0) is 12.8 Å². The van der Waals surface area contributed by atoms with Crippen molar-refractivity contribution in [1.82, 2.24) is 10.6 Å². The summed E-state index contributed by atoms with van der Waals surface area (Å²) in [6.45, 7) is 4.96. The van der Waals surface area contributed by atoms with Crippen molar-refractivity contribution in [3.63, 3.8) is 0 Å². The monoisotopic (exact) mass is 216 g/mol. The molecule has 1 saturated heterocycles. The van der Waals surface area contributed by atoms with Gasteiger partial charge in [-0.3, -0.25) is 4.79 Å². The van der Waals surface area contributed by atoms with E-state index in [4.69, 9.17) is 9.47 Å². The summed E-state index contributed by atoms with van der Waals surface area (Å²) in [6.07, 6.45) is 2.04. The summed E-state index contributed by atoms with van der Waals surface area (Å²) in [5.41, 5.74) is 0. The molecule has 1 unspecified atom stereocenters. The van der Waals surface area contributed by atoms with Crippen LogP contribution in [0.1, 0.15) is 19.8 Å². The first kappa shape index (κ1) is 12.4. The number of amides is 1. The van der Waals surface area contributed by atoms with E-state index in [1.807, 2.05) is 6.92 Å². The van der Waals surface area contributed by atoms with E-state index in [1.54, 1.807) is 0 Å². The van der Waals surface area contributed by atoms with Crippen LogP contribution >= 0.6 is 0 Å². The molecule has 0 aliphatic carbocycles. The molecule has 1 atom stereocenters. The maximum atomic E-state index is 11.2. The minimum absolute atomic E-state index is 0.0453. The maximum absolute atomic E-state index is 11.2. The molecular weight excluding hydrogens is 196 g/mol. The highest BCUT2D eigenvalue weighted by atomic mass is 16.7. The Morgan fingerprint density at radius 1 is 1.53 bits per heavy atom. The molecule has 0 aromatic carbocycles. The van der Waals surface area contributed by atoms with Crippen molar-refractivity contribution < 1.29 is 14.3 Å². The molecule has 1 heterocycles. The molecule has 5 nitrogen and oxygen atoms in total. The quantitative estimate of drug-likeness (QED) is 0.649. The third-order valence-electron chi connectivity index (χ3n) is 2.20. The van der Waals surface area contributed by atoms with E-state index in [-0.39, 0.29) is 12.0 Å². The number of rotatable bonds is 6. The molecule has 0 radical (unpaired) electrons. The van der Waals surface area contributed by atoms with Gasteiger partial charge in [0.25, 0.3) is 0 Å². The summed E-state index contributed by atoms with van der Waals surface area (Å²) in [5.74, 6) is 0.0453. The zero-order valence-electron chi connectivity index (χ0n) is 9.25. The maximum Gasteiger partial charge on any atom is 0.233 e. The Morgan fingerprint density at radius 3 is 3.07 bits per heavy atom. The molecule has 1 aliphatic heterocycles. The van der Waals surface area contributed by atoms with Gasteiger partial charge in [-0.1, -0.05) is 6.92 Å². The third-order valence-corrected chi connectivity index (χ3v) is 2.20. The van der Waals surface area contributed by atoms with Crippen molar-refractivity contribution in [2.75, 3.05) is 33.0 Å². The Labute approximate surface area is 90.5 Å². The molecule has 15 heavy (non-hydrogen) atoms. The van der Waals surface area contributed by atoms with Gasteiger partial charge in [-0.15, -0.1) is 0 Å². The molecule has 1 rings (SSSR count). The average molecular weight is 216 g/mol. The summed E-state index contributed by atoms with van der Waals surface area (Å²) in [4.78, 5) is 11.2. The van der Waals surface area contributed by atoms with E-state index >= 15 is 0 Å². The lowest BCUT2D eigenvalue weighted by Gasteiger charge is -2.22. The van der Waals surface area contributed by atoms with Crippen LogP contribution in [0.5, 0.6) is 0 Å². The van der Waals surface area contributed by atoms with Crippen LogP contribution in [0.15, 0.2) is 0 Å². The van der Waals surface area contributed by atoms with Crippen LogP contribution in [0.2, 0.25) is 0 Å². The number of ether oxygens (including phenoxy) is 2. The summed E-state index contributed by atoms with van der Waals surface area (Å²) < 4.78 is 10.4. The SMILES string of the molecule is CCCNC(=O)CNCC1CCOCO1. The summed E-state index contributed by atoms with van der Waals surface area (Å²) in [6, 6.07) is 0. The van der Waals surface area contributed by atoms with Gasteiger partial charge in [0, 0.05) is 13.1 Å². The van der Waals surface area contributed by atoms with Crippen molar-refractivity contribution in [3.8, 4) is 0 Å². The van der Waals surface area contributed by atoms with Crippen LogP contribution in [-0.2, 0) is 14.3 Å². The zero-order chi connectivity index (χ0) is 10.9. The van der Waals surface area contributed by atoms with Crippen molar-refractivity contribution in [2.24, 2.45) is 0 Å². The summed E-state index contributed by atoms with van der Waals surface area (Å²) in [5, 5.41) is 5.87. The van der Waals surface area contributed by atoms with Crippen LogP contribution in [-0.4, -0.2) is 45.0 Å². The van der Waals surface area contributed by atoms with E-state index in [0.29, 0.717) is 19.9 Å². The van der Waals surface area contributed by atoms with Gasteiger partial charge in [0.05, 0.1) is 19.3 Å². The number of carbonyl (C=O) groups excluding carboxylic acids is 1. The first-order chi connectivity index (χ1) is 7.33. The van der Waals surface area contributed by atoms with Gasteiger partial charge < -0.3 is 20.1 Å². The highest BCUT2D eigenvalue weighted by molar-refractivity contribution is 5.77. The molecule has 5 heteroatoms. The highest BCUT2D eigenvalue weighted by Crippen LogP contribution is 2.03. The second-order valence-electron chi connectivity index (χ2n) is 3.58. The lowest BCUT2D eigenvalue weighted by atomic mass is 10.2. The molecule has 0 aromatic rings. The molecular formula is C10H20N2O3. The van der Waals surface area contributed by atoms with Gasteiger partial charge in [0.1, 0.15) is 6.79 Å². The Balaban J connectivity index is 1.97. The predicted octanol–water partition coefficient (Wildman–Crippen LogP) is -0.135. The van der Waals surface area contributed by atoms with E-state index in [1.165, 1.54) is 0 Å².